The van der Waals surface area contributed by atoms with E-state index in [-0.39, 0.29) is 23.1 Å². The molecule has 0 fully saturated rings. The topological polar surface area (TPSA) is 79.3 Å². The molecular formula is C11H14N2O3. The summed E-state index contributed by atoms with van der Waals surface area (Å²) in [4.78, 5) is 26.0. The Hall–Kier alpha value is -1.91. The summed E-state index contributed by atoms with van der Waals surface area (Å²) < 4.78 is 0. The summed E-state index contributed by atoms with van der Waals surface area (Å²) in [5.74, 6) is -1.39. The summed E-state index contributed by atoms with van der Waals surface area (Å²) in [7, 11) is 0. The van der Waals surface area contributed by atoms with Crippen LogP contribution >= 0.6 is 0 Å². The molecule has 0 saturated heterocycles. The molecule has 1 atom stereocenters. The van der Waals surface area contributed by atoms with Crippen molar-refractivity contribution in [2.24, 2.45) is 0 Å². The van der Waals surface area contributed by atoms with Gasteiger partial charge in [0.1, 0.15) is 0 Å². The third-order valence-electron chi connectivity index (χ3n) is 2.24. The van der Waals surface area contributed by atoms with E-state index < -0.39 is 5.97 Å². The SMILES string of the molecule is CCC(C)NC(=O)c1cncc(C(=O)O)c1. The van der Waals surface area contributed by atoms with Gasteiger partial charge in [0, 0.05) is 18.4 Å². The number of carbonyl (C=O) groups excluding carboxylic acids is 1. The van der Waals surface area contributed by atoms with Crippen LogP contribution in [0, 0.1) is 0 Å². The molecule has 86 valence electrons. The van der Waals surface area contributed by atoms with Crippen LogP contribution < -0.4 is 5.32 Å². The second-order valence-corrected chi connectivity index (χ2v) is 3.55. The van der Waals surface area contributed by atoms with Gasteiger partial charge < -0.3 is 10.4 Å². The van der Waals surface area contributed by atoms with E-state index in [2.05, 4.69) is 10.3 Å². The highest BCUT2D eigenvalue weighted by molar-refractivity contribution is 5.97. The van der Waals surface area contributed by atoms with E-state index in [1.807, 2.05) is 13.8 Å². The molecule has 1 unspecified atom stereocenters. The fourth-order valence-corrected chi connectivity index (χ4v) is 1.09. The standard InChI is InChI=1S/C11H14N2O3/c1-3-7(2)13-10(14)8-4-9(11(15)16)6-12-5-8/h4-7H,3H2,1-2H3,(H,13,14)(H,15,16). The highest BCUT2D eigenvalue weighted by Gasteiger charge is 2.11. The lowest BCUT2D eigenvalue weighted by Gasteiger charge is -2.11. The van der Waals surface area contributed by atoms with E-state index in [0.717, 1.165) is 6.42 Å². The lowest BCUT2D eigenvalue weighted by molar-refractivity contribution is 0.0696. The number of nitrogens with zero attached hydrogens (tertiary/aromatic N) is 1. The number of hydrogen-bond acceptors (Lipinski definition) is 3. The average molecular weight is 222 g/mol. The maximum Gasteiger partial charge on any atom is 0.337 e. The first-order chi connectivity index (χ1) is 7.54. The van der Waals surface area contributed by atoms with Gasteiger partial charge in [-0.1, -0.05) is 6.92 Å². The zero-order chi connectivity index (χ0) is 12.1. The van der Waals surface area contributed by atoms with Gasteiger partial charge in [0.05, 0.1) is 11.1 Å². The van der Waals surface area contributed by atoms with Gasteiger partial charge in [0.25, 0.3) is 5.91 Å². The van der Waals surface area contributed by atoms with Gasteiger partial charge >= 0.3 is 5.97 Å². The Kier molecular flexibility index (Phi) is 3.99. The van der Waals surface area contributed by atoms with E-state index in [1.165, 1.54) is 18.5 Å². The van der Waals surface area contributed by atoms with Gasteiger partial charge in [0.15, 0.2) is 0 Å². The highest BCUT2D eigenvalue weighted by atomic mass is 16.4. The molecule has 0 aliphatic rings. The molecule has 1 rings (SSSR count). The molecule has 1 amide bonds. The normalized spacial score (nSPS) is 11.9. The first-order valence-corrected chi connectivity index (χ1v) is 5.03. The Bertz CT molecular complexity index is 404. The van der Waals surface area contributed by atoms with Gasteiger partial charge in [-0.05, 0) is 19.4 Å². The summed E-state index contributed by atoms with van der Waals surface area (Å²) in [6.07, 6.45) is 3.38. The predicted molar refractivity (Wildman–Crippen MR) is 58.4 cm³/mol. The van der Waals surface area contributed by atoms with Crippen LogP contribution in [0.2, 0.25) is 0 Å². The van der Waals surface area contributed by atoms with Crippen LogP contribution in [-0.4, -0.2) is 28.0 Å². The molecule has 5 heteroatoms. The number of carboxylic acids is 1. The first kappa shape index (κ1) is 12.2. The lowest BCUT2D eigenvalue weighted by atomic mass is 10.2. The maximum atomic E-state index is 11.6. The molecule has 0 spiro atoms. The molecule has 1 heterocycles. The summed E-state index contributed by atoms with van der Waals surface area (Å²) in [5.41, 5.74) is 0.275. The number of aromatic nitrogens is 1. The third-order valence-corrected chi connectivity index (χ3v) is 2.24. The molecule has 1 aromatic heterocycles. The molecule has 0 aliphatic carbocycles. The summed E-state index contributed by atoms with van der Waals surface area (Å²) >= 11 is 0. The summed E-state index contributed by atoms with van der Waals surface area (Å²) in [6.45, 7) is 3.84. The van der Waals surface area contributed by atoms with E-state index in [1.54, 1.807) is 0 Å². The average Bonchev–Trinajstić information content (AvgIpc) is 2.28. The highest BCUT2D eigenvalue weighted by Crippen LogP contribution is 2.03. The van der Waals surface area contributed by atoms with Crippen molar-refractivity contribution in [3.63, 3.8) is 0 Å². The molecule has 1 aromatic rings. The minimum absolute atomic E-state index is 0.0109. The number of pyridine rings is 1. The number of carbonyl (C=O) groups is 2. The molecule has 16 heavy (non-hydrogen) atoms. The smallest absolute Gasteiger partial charge is 0.337 e. The minimum Gasteiger partial charge on any atom is -0.478 e. The molecule has 0 saturated carbocycles. The van der Waals surface area contributed by atoms with Crippen molar-refractivity contribution in [3.05, 3.63) is 29.6 Å². The fraction of sp³-hybridized carbons (Fsp3) is 0.364. The van der Waals surface area contributed by atoms with Crippen LogP contribution in [-0.2, 0) is 0 Å². The molecule has 5 nitrogen and oxygen atoms in total. The van der Waals surface area contributed by atoms with Crippen molar-refractivity contribution in [2.75, 3.05) is 0 Å². The number of rotatable bonds is 4. The summed E-state index contributed by atoms with van der Waals surface area (Å²) in [5, 5.41) is 11.5. The van der Waals surface area contributed by atoms with Crippen LogP contribution in [0.15, 0.2) is 18.5 Å². The van der Waals surface area contributed by atoms with Gasteiger partial charge in [-0.2, -0.15) is 0 Å². The number of carboxylic acid groups (broad SMARTS) is 1. The Morgan fingerprint density at radius 2 is 2.06 bits per heavy atom. The van der Waals surface area contributed by atoms with Crippen molar-refractivity contribution in [1.82, 2.24) is 10.3 Å². The maximum absolute atomic E-state index is 11.6. The second kappa shape index (κ2) is 5.25. The predicted octanol–water partition coefficient (Wildman–Crippen LogP) is 1.31. The van der Waals surface area contributed by atoms with Crippen molar-refractivity contribution < 1.29 is 14.7 Å². The lowest BCUT2D eigenvalue weighted by Crippen LogP contribution is -2.32. The molecule has 0 bridgehead atoms. The van der Waals surface area contributed by atoms with E-state index in [0.29, 0.717) is 0 Å². The van der Waals surface area contributed by atoms with Gasteiger partial charge in [-0.15, -0.1) is 0 Å². The minimum atomic E-state index is -1.09. The number of hydrogen-bond donors (Lipinski definition) is 2. The second-order valence-electron chi connectivity index (χ2n) is 3.55. The Morgan fingerprint density at radius 3 is 2.62 bits per heavy atom. The van der Waals surface area contributed by atoms with E-state index >= 15 is 0 Å². The van der Waals surface area contributed by atoms with Crippen molar-refractivity contribution in [2.45, 2.75) is 26.3 Å². The molecule has 2 N–H and O–H groups in total. The van der Waals surface area contributed by atoms with Gasteiger partial charge in [-0.3, -0.25) is 9.78 Å². The van der Waals surface area contributed by atoms with Crippen LogP contribution in [0.5, 0.6) is 0 Å². The van der Waals surface area contributed by atoms with E-state index in [4.69, 9.17) is 5.11 Å². The molecule has 0 aliphatic heterocycles. The zero-order valence-electron chi connectivity index (χ0n) is 9.23. The third kappa shape index (κ3) is 3.05. The Morgan fingerprint density at radius 1 is 1.44 bits per heavy atom. The number of nitrogens with one attached hydrogen (secondary N) is 1. The zero-order valence-corrected chi connectivity index (χ0v) is 9.23. The molecule has 0 aromatic carbocycles. The van der Waals surface area contributed by atoms with Gasteiger partial charge in [-0.25, -0.2) is 4.79 Å². The first-order valence-electron chi connectivity index (χ1n) is 5.03. The molecule has 0 radical (unpaired) electrons. The molecular weight excluding hydrogens is 208 g/mol. The quantitative estimate of drug-likeness (QED) is 0.804. The fourth-order valence-electron chi connectivity index (χ4n) is 1.09. The van der Waals surface area contributed by atoms with Crippen LogP contribution in [0.25, 0.3) is 0 Å². The van der Waals surface area contributed by atoms with Gasteiger partial charge in [0.2, 0.25) is 0 Å². The van der Waals surface area contributed by atoms with Crippen LogP contribution in [0.1, 0.15) is 41.0 Å². The van der Waals surface area contributed by atoms with Crippen molar-refractivity contribution in [3.8, 4) is 0 Å². The van der Waals surface area contributed by atoms with E-state index in [9.17, 15) is 9.59 Å². The number of aromatic carboxylic acids is 1. The Balaban J connectivity index is 2.83. The number of amides is 1. The van der Waals surface area contributed by atoms with Crippen molar-refractivity contribution in [1.29, 1.82) is 0 Å². The van der Waals surface area contributed by atoms with Crippen LogP contribution in [0.4, 0.5) is 0 Å². The van der Waals surface area contributed by atoms with Crippen molar-refractivity contribution >= 4 is 11.9 Å². The summed E-state index contributed by atoms with van der Waals surface area (Å²) in [6, 6.07) is 1.37. The van der Waals surface area contributed by atoms with Crippen LogP contribution in [0.3, 0.4) is 0 Å². The largest absolute Gasteiger partial charge is 0.478 e. The Labute approximate surface area is 93.5 Å². The monoisotopic (exact) mass is 222 g/mol.